The van der Waals surface area contributed by atoms with E-state index in [1.165, 1.54) is 12.1 Å². The molecule has 1 aliphatic carbocycles. The average Bonchev–Trinajstić information content (AvgIpc) is 3.09. The number of pyridine rings is 1. The third-order valence-electron chi connectivity index (χ3n) is 7.23. The van der Waals surface area contributed by atoms with Crippen LogP contribution in [0.15, 0.2) is 54.6 Å². The molecule has 0 spiro atoms. The van der Waals surface area contributed by atoms with Crippen LogP contribution in [0.1, 0.15) is 48.6 Å². The summed E-state index contributed by atoms with van der Waals surface area (Å²) in [5.74, 6) is -0.853. The number of hydrogen-bond donors (Lipinski definition) is 1. The maximum Gasteiger partial charge on any atom is 0.323 e. The third-order valence-corrected chi connectivity index (χ3v) is 7.23. The Labute approximate surface area is 197 Å². The first kappa shape index (κ1) is 22.3. The summed E-state index contributed by atoms with van der Waals surface area (Å²) < 4.78 is 15.8. The molecule has 2 aromatic carbocycles. The molecule has 5 rings (SSSR count). The first-order valence-corrected chi connectivity index (χ1v) is 11.8. The van der Waals surface area contributed by atoms with Crippen LogP contribution in [0.5, 0.6) is 0 Å². The lowest BCUT2D eigenvalue weighted by atomic mass is 9.76. The second-order valence-electron chi connectivity index (χ2n) is 9.33. The highest BCUT2D eigenvalue weighted by Crippen LogP contribution is 2.42. The molecule has 0 bridgehead atoms. The van der Waals surface area contributed by atoms with Gasteiger partial charge in [0.1, 0.15) is 18.1 Å². The van der Waals surface area contributed by atoms with Crippen LogP contribution in [0, 0.1) is 18.7 Å². The largest absolute Gasteiger partial charge is 0.480 e. The van der Waals surface area contributed by atoms with Crippen LogP contribution < -0.4 is 0 Å². The zero-order chi connectivity index (χ0) is 23.8. The van der Waals surface area contributed by atoms with Gasteiger partial charge in [-0.15, -0.1) is 0 Å². The van der Waals surface area contributed by atoms with Crippen LogP contribution >= 0.6 is 0 Å². The second kappa shape index (κ2) is 9.01. The molecule has 0 saturated heterocycles. The van der Waals surface area contributed by atoms with Crippen molar-refractivity contribution in [3.8, 4) is 0 Å². The lowest BCUT2D eigenvalue weighted by Crippen LogP contribution is -2.23. The van der Waals surface area contributed by atoms with Gasteiger partial charge < -0.3 is 9.67 Å². The van der Waals surface area contributed by atoms with Crippen molar-refractivity contribution in [1.29, 1.82) is 0 Å². The number of fused-ring (bicyclic) bond motifs is 2. The molecule has 0 aliphatic heterocycles. The van der Waals surface area contributed by atoms with E-state index in [1.807, 2.05) is 43.3 Å². The molecule has 4 aromatic rings. The first-order chi connectivity index (χ1) is 16.4. The number of ketones is 1. The van der Waals surface area contributed by atoms with Gasteiger partial charge in [-0.3, -0.25) is 14.6 Å². The first-order valence-electron chi connectivity index (χ1n) is 11.8. The summed E-state index contributed by atoms with van der Waals surface area (Å²) in [6, 6.07) is 16.4. The van der Waals surface area contributed by atoms with Crippen LogP contribution in [0.3, 0.4) is 0 Å². The molecule has 2 heterocycles. The normalized spacial score (nSPS) is 18.4. The minimum atomic E-state index is -0.924. The van der Waals surface area contributed by atoms with Gasteiger partial charge in [0, 0.05) is 40.0 Å². The predicted molar refractivity (Wildman–Crippen MR) is 129 cm³/mol. The number of Topliss-reactive ketones (excluding diaryl/α,β-unsaturated/α-hetero) is 1. The van der Waals surface area contributed by atoms with Gasteiger partial charge in [0.15, 0.2) is 0 Å². The van der Waals surface area contributed by atoms with E-state index in [9.17, 15) is 19.1 Å². The zero-order valence-corrected chi connectivity index (χ0v) is 19.1. The van der Waals surface area contributed by atoms with E-state index in [-0.39, 0.29) is 30.0 Å². The van der Waals surface area contributed by atoms with Crippen molar-refractivity contribution >= 4 is 33.6 Å². The maximum atomic E-state index is 14.1. The fraction of sp³-hybridized carbons (Fsp3) is 0.321. The number of rotatable bonds is 6. The van der Waals surface area contributed by atoms with Crippen molar-refractivity contribution in [2.24, 2.45) is 5.92 Å². The van der Waals surface area contributed by atoms with E-state index in [1.54, 1.807) is 10.6 Å². The summed E-state index contributed by atoms with van der Waals surface area (Å²) in [5.41, 5.74) is 4.35. The van der Waals surface area contributed by atoms with E-state index in [2.05, 4.69) is 4.98 Å². The number of aromatic nitrogens is 2. The van der Waals surface area contributed by atoms with Gasteiger partial charge in [0.25, 0.3) is 0 Å². The molecule has 1 fully saturated rings. The van der Waals surface area contributed by atoms with Gasteiger partial charge in [-0.05, 0) is 74.4 Å². The minimum absolute atomic E-state index is 0.00562. The number of carbonyl (C=O) groups is 2. The molecule has 0 radical (unpaired) electrons. The summed E-state index contributed by atoms with van der Waals surface area (Å²) >= 11 is 0. The zero-order valence-electron chi connectivity index (χ0n) is 19.1. The third kappa shape index (κ3) is 4.20. The highest BCUT2D eigenvalue weighted by atomic mass is 19.1. The van der Waals surface area contributed by atoms with E-state index in [0.717, 1.165) is 64.4 Å². The van der Waals surface area contributed by atoms with Crippen LogP contribution in [-0.2, 0) is 22.6 Å². The molecule has 5 nitrogen and oxygen atoms in total. The lowest BCUT2D eigenvalue weighted by Gasteiger charge is -2.28. The van der Waals surface area contributed by atoms with Crippen molar-refractivity contribution in [2.45, 2.75) is 51.5 Å². The Balaban J connectivity index is 1.32. The van der Waals surface area contributed by atoms with Gasteiger partial charge in [0.05, 0.1) is 5.52 Å². The Hall–Kier alpha value is -3.54. The summed E-state index contributed by atoms with van der Waals surface area (Å²) in [6.07, 6.45) is 3.54. The molecular formula is C28H27FN2O3. The summed E-state index contributed by atoms with van der Waals surface area (Å²) in [4.78, 5) is 29.1. The molecule has 1 aliphatic rings. The van der Waals surface area contributed by atoms with Crippen LogP contribution in [0.4, 0.5) is 4.39 Å². The number of para-hydroxylation sites is 1. The molecule has 6 heteroatoms. The van der Waals surface area contributed by atoms with Gasteiger partial charge >= 0.3 is 5.97 Å². The molecule has 1 saturated carbocycles. The fourth-order valence-electron chi connectivity index (χ4n) is 5.57. The maximum absolute atomic E-state index is 14.1. The Morgan fingerprint density at radius 2 is 1.82 bits per heavy atom. The van der Waals surface area contributed by atoms with Crippen LogP contribution in [0.2, 0.25) is 0 Å². The van der Waals surface area contributed by atoms with Gasteiger partial charge in [-0.2, -0.15) is 0 Å². The summed E-state index contributed by atoms with van der Waals surface area (Å²) in [6.45, 7) is 1.76. The monoisotopic (exact) mass is 458 g/mol. The summed E-state index contributed by atoms with van der Waals surface area (Å²) in [5, 5.41) is 11.2. The number of benzene rings is 2. The fourth-order valence-corrected chi connectivity index (χ4v) is 5.57. The van der Waals surface area contributed by atoms with Gasteiger partial charge in [-0.1, -0.05) is 24.3 Å². The summed E-state index contributed by atoms with van der Waals surface area (Å²) in [7, 11) is 0. The number of carboxylic acids is 1. The number of carbonyl (C=O) groups excluding carboxylic acids is 1. The average molecular weight is 459 g/mol. The van der Waals surface area contributed by atoms with E-state index < -0.39 is 5.97 Å². The molecule has 1 N–H and O–H groups in total. The Morgan fingerprint density at radius 1 is 1.06 bits per heavy atom. The molecular weight excluding hydrogens is 431 g/mol. The standard InChI is InChI=1S/C28H27FN2O3/c1-17-28(23-14-21(29)11-13-25(23)31(17)16-27(33)34)20-8-6-19(7-9-20)26(32)15-22-12-10-18-4-2-3-5-24(18)30-22/h2-5,10-14,19-20H,6-9,15-16H2,1H3,(H,33,34). The van der Waals surface area contributed by atoms with Crippen molar-refractivity contribution in [3.63, 3.8) is 0 Å². The van der Waals surface area contributed by atoms with Crippen molar-refractivity contribution in [1.82, 2.24) is 9.55 Å². The Bertz CT molecular complexity index is 1400. The van der Waals surface area contributed by atoms with Crippen molar-refractivity contribution in [3.05, 3.63) is 77.4 Å². The molecule has 0 unspecified atom stereocenters. The highest BCUT2D eigenvalue weighted by Gasteiger charge is 2.30. The number of nitrogens with zero attached hydrogens (tertiary/aromatic N) is 2. The number of aliphatic carboxylic acids is 1. The SMILES string of the molecule is Cc1c(C2CCC(C(=O)Cc3ccc4ccccc4n3)CC2)c2cc(F)ccc2n1CC(=O)O. The number of carboxylic acid groups (broad SMARTS) is 1. The molecule has 0 amide bonds. The lowest BCUT2D eigenvalue weighted by molar-refractivity contribution is -0.137. The molecule has 0 atom stereocenters. The minimum Gasteiger partial charge on any atom is -0.480 e. The second-order valence-corrected chi connectivity index (χ2v) is 9.33. The number of halogens is 1. The molecule has 174 valence electrons. The Kier molecular flexibility index (Phi) is 5.90. The van der Waals surface area contributed by atoms with Crippen LogP contribution in [0.25, 0.3) is 21.8 Å². The van der Waals surface area contributed by atoms with E-state index >= 15 is 0 Å². The topological polar surface area (TPSA) is 72.2 Å². The van der Waals surface area contributed by atoms with Crippen molar-refractivity contribution < 1.29 is 19.1 Å². The van der Waals surface area contributed by atoms with Gasteiger partial charge in [0.2, 0.25) is 0 Å². The van der Waals surface area contributed by atoms with E-state index in [0.29, 0.717) is 6.42 Å². The molecule has 2 aromatic heterocycles. The number of hydrogen-bond acceptors (Lipinski definition) is 3. The smallest absolute Gasteiger partial charge is 0.323 e. The van der Waals surface area contributed by atoms with Gasteiger partial charge in [-0.25, -0.2) is 4.39 Å². The molecule has 34 heavy (non-hydrogen) atoms. The van der Waals surface area contributed by atoms with E-state index in [4.69, 9.17) is 0 Å². The van der Waals surface area contributed by atoms with Crippen LogP contribution in [-0.4, -0.2) is 26.4 Å². The van der Waals surface area contributed by atoms with Crippen molar-refractivity contribution in [2.75, 3.05) is 0 Å². The predicted octanol–water partition coefficient (Wildman–Crippen LogP) is 5.81. The Morgan fingerprint density at radius 3 is 2.59 bits per heavy atom. The highest BCUT2D eigenvalue weighted by molar-refractivity contribution is 5.88. The quantitative estimate of drug-likeness (QED) is 0.396.